The minimum absolute atomic E-state index is 0.193. The van der Waals surface area contributed by atoms with E-state index in [1.165, 1.54) is 12.1 Å². The molecule has 24 heavy (non-hydrogen) atoms. The lowest BCUT2D eigenvalue weighted by Gasteiger charge is -2.24. The van der Waals surface area contributed by atoms with Crippen LogP contribution >= 0.6 is 0 Å². The molecule has 0 radical (unpaired) electrons. The number of aromatic nitrogens is 2. The van der Waals surface area contributed by atoms with E-state index in [1.807, 2.05) is 11.8 Å². The molecule has 2 aromatic rings. The lowest BCUT2D eigenvalue weighted by Crippen LogP contribution is -2.38. The van der Waals surface area contributed by atoms with E-state index < -0.39 is 5.41 Å². The third-order valence-corrected chi connectivity index (χ3v) is 5.40. The van der Waals surface area contributed by atoms with Gasteiger partial charge in [-0.25, -0.2) is 4.39 Å². The molecule has 0 N–H and O–H groups in total. The number of rotatable bonds is 3. The van der Waals surface area contributed by atoms with Crippen molar-refractivity contribution >= 4 is 5.91 Å². The first-order chi connectivity index (χ1) is 11.5. The molecule has 1 saturated carbocycles. The first-order valence-electron chi connectivity index (χ1n) is 8.58. The third-order valence-electron chi connectivity index (χ3n) is 5.40. The summed E-state index contributed by atoms with van der Waals surface area (Å²) in [5.74, 6) is -0.0640. The normalized spacial score (nSPS) is 22.0. The summed E-state index contributed by atoms with van der Waals surface area (Å²) in [6.07, 6.45) is 2.66. The van der Waals surface area contributed by atoms with Crippen molar-refractivity contribution in [2.75, 3.05) is 13.1 Å². The third kappa shape index (κ3) is 2.43. The van der Waals surface area contributed by atoms with Gasteiger partial charge in [-0.05, 0) is 56.9 Å². The van der Waals surface area contributed by atoms with E-state index in [-0.39, 0.29) is 17.8 Å². The van der Waals surface area contributed by atoms with Crippen LogP contribution in [0.15, 0.2) is 30.3 Å². The van der Waals surface area contributed by atoms with E-state index in [1.54, 1.807) is 12.1 Å². The maximum Gasteiger partial charge on any atom is 0.233 e. The smallest absolute Gasteiger partial charge is 0.233 e. The topological polar surface area (TPSA) is 38.1 Å². The molecule has 4 nitrogen and oxygen atoms in total. The van der Waals surface area contributed by atoms with E-state index in [0.717, 1.165) is 42.8 Å². The van der Waals surface area contributed by atoms with E-state index in [4.69, 9.17) is 0 Å². The van der Waals surface area contributed by atoms with Crippen LogP contribution < -0.4 is 0 Å². The summed E-state index contributed by atoms with van der Waals surface area (Å²) >= 11 is 0. The SMILES string of the molecule is Cc1cc(C)n(C2CCN(C(=O)C3(c4ccc(F)cc4)CC3)C2)n1. The molecule has 1 atom stereocenters. The zero-order valence-electron chi connectivity index (χ0n) is 14.1. The van der Waals surface area contributed by atoms with Gasteiger partial charge >= 0.3 is 0 Å². The summed E-state index contributed by atoms with van der Waals surface area (Å²) in [6.45, 7) is 5.54. The molecule has 2 aliphatic rings. The molecule has 1 aliphatic heterocycles. The van der Waals surface area contributed by atoms with Crippen molar-refractivity contribution in [3.05, 3.63) is 53.1 Å². The highest BCUT2D eigenvalue weighted by molar-refractivity contribution is 5.91. The molecule has 126 valence electrons. The standard InChI is InChI=1S/C19H22FN3O/c1-13-11-14(2)23(21-13)17-7-10-22(12-17)18(24)19(8-9-19)15-3-5-16(20)6-4-15/h3-6,11,17H,7-10,12H2,1-2H3. The summed E-state index contributed by atoms with van der Waals surface area (Å²) in [5, 5.41) is 4.57. The Morgan fingerprint density at radius 2 is 1.96 bits per heavy atom. The van der Waals surface area contributed by atoms with Gasteiger partial charge in [0, 0.05) is 18.8 Å². The molecule has 5 heteroatoms. The van der Waals surface area contributed by atoms with Crippen molar-refractivity contribution in [1.82, 2.24) is 14.7 Å². The zero-order chi connectivity index (χ0) is 16.9. The van der Waals surface area contributed by atoms with Crippen LogP contribution in [0.2, 0.25) is 0 Å². The Balaban J connectivity index is 1.52. The minimum Gasteiger partial charge on any atom is -0.340 e. The summed E-state index contributed by atoms with van der Waals surface area (Å²) < 4.78 is 15.2. The quantitative estimate of drug-likeness (QED) is 0.868. The van der Waals surface area contributed by atoms with Gasteiger partial charge < -0.3 is 4.90 Å². The number of amides is 1. The van der Waals surface area contributed by atoms with E-state index in [9.17, 15) is 9.18 Å². The molecule has 0 bridgehead atoms. The van der Waals surface area contributed by atoms with Gasteiger partial charge in [-0.3, -0.25) is 9.48 Å². The number of carbonyl (C=O) groups is 1. The van der Waals surface area contributed by atoms with Crippen molar-refractivity contribution in [3.8, 4) is 0 Å². The number of benzene rings is 1. The van der Waals surface area contributed by atoms with Crippen molar-refractivity contribution in [2.24, 2.45) is 0 Å². The molecular formula is C19H22FN3O. The van der Waals surface area contributed by atoms with E-state index in [2.05, 4.69) is 22.8 Å². The number of carbonyl (C=O) groups excluding carboxylic acids is 1. The van der Waals surface area contributed by atoms with Crippen LogP contribution in [0.3, 0.4) is 0 Å². The Hall–Kier alpha value is -2.17. The molecular weight excluding hydrogens is 305 g/mol. The van der Waals surface area contributed by atoms with Crippen LogP contribution in [0.1, 0.15) is 42.3 Å². The van der Waals surface area contributed by atoms with Gasteiger partial charge in [0.1, 0.15) is 5.82 Å². The number of halogens is 1. The highest BCUT2D eigenvalue weighted by atomic mass is 19.1. The minimum atomic E-state index is -0.419. The Bertz CT molecular complexity index is 776. The van der Waals surface area contributed by atoms with Crippen molar-refractivity contribution in [3.63, 3.8) is 0 Å². The average molecular weight is 327 g/mol. The van der Waals surface area contributed by atoms with Crippen LogP contribution in [0.25, 0.3) is 0 Å². The van der Waals surface area contributed by atoms with Crippen molar-refractivity contribution in [1.29, 1.82) is 0 Å². The second kappa shape index (κ2) is 5.43. The van der Waals surface area contributed by atoms with Gasteiger partial charge in [0.05, 0.1) is 17.2 Å². The van der Waals surface area contributed by atoms with Crippen LogP contribution in [-0.4, -0.2) is 33.7 Å². The summed E-state index contributed by atoms with van der Waals surface area (Å²) in [6, 6.07) is 8.75. The Kier molecular flexibility index (Phi) is 3.48. The summed E-state index contributed by atoms with van der Waals surface area (Å²) in [7, 11) is 0. The fourth-order valence-electron chi connectivity index (χ4n) is 3.96. The number of hydrogen-bond acceptors (Lipinski definition) is 2. The fraction of sp³-hybridized carbons (Fsp3) is 0.474. The maximum atomic E-state index is 13.2. The van der Waals surface area contributed by atoms with Crippen LogP contribution in [0.4, 0.5) is 4.39 Å². The average Bonchev–Trinajstić information content (AvgIpc) is 3.09. The molecule has 1 unspecified atom stereocenters. The molecule has 0 spiro atoms. The highest BCUT2D eigenvalue weighted by Crippen LogP contribution is 2.50. The van der Waals surface area contributed by atoms with Crippen LogP contribution in [-0.2, 0) is 10.2 Å². The summed E-state index contributed by atoms with van der Waals surface area (Å²) in [4.78, 5) is 15.1. The molecule has 1 saturated heterocycles. The predicted octanol–water partition coefficient (Wildman–Crippen LogP) is 3.14. The van der Waals surface area contributed by atoms with Crippen LogP contribution in [0.5, 0.6) is 0 Å². The highest BCUT2D eigenvalue weighted by Gasteiger charge is 2.53. The molecule has 1 aliphatic carbocycles. The molecule has 2 heterocycles. The Labute approximate surface area is 141 Å². The van der Waals surface area contributed by atoms with Crippen molar-refractivity contribution < 1.29 is 9.18 Å². The first kappa shape index (κ1) is 15.4. The maximum absolute atomic E-state index is 13.2. The van der Waals surface area contributed by atoms with E-state index >= 15 is 0 Å². The Morgan fingerprint density at radius 3 is 2.54 bits per heavy atom. The van der Waals surface area contributed by atoms with Crippen LogP contribution in [0, 0.1) is 19.7 Å². The second-order valence-corrected chi connectivity index (χ2v) is 7.15. The monoisotopic (exact) mass is 327 g/mol. The number of nitrogens with zero attached hydrogens (tertiary/aromatic N) is 3. The lowest BCUT2D eigenvalue weighted by atomic mass is 9.94. The predicted molar refractivity (Wildman–Crippen MR) is 89.2 cm³/mol. The van der Waals surface area contributed by atoms with E-state index in [0.29, 0.717) is 6.54 Å². The second-order valence-electron chi connectivity index (χ2n) is 7.15. The van der Waals surface area contributed by atoms with Gasteiger partial charge in [0.2, 0.25) is 5.91 Å². The number of hydrogen-bond donors (Lipinski definition) is 0. The molecule has 1 aromatic heterocycles. The molecule has 1 aromatic carbocycles. The van der Waals surface area contributed by atoms with Crippen molar-refractivity contribution in [2.45, 2.75) is 44.6 Å². The van der Waals surface area contributed by atoms with Gasteiger partial charge in [0.15, 0.2) is 0 Å². The summed E-state index contributed by atoms with van der Waals surface area (Å²) in [5.41, 5.74) is 2.69. The van der Waals surface area contributed by atoms with Gasteiger partial charge in [0.25, 0.3) is 0 Å². The molecule has 2 fully saturated rings. The van der Waals surface area contributed by atoms with Gasteiger partial charge in [-0.15, -0.1) is 0 Å². The Morgan fingerprint density at radius 1 is 1.25 bits per heavy atom. The first-order valence-corrected chi connectivity index (χ1v) is 8.58. The van der Waals surface area contributed by atoms with Gasteiger partial charge in [-0.1, -0.05) is 12.1 Å². The zero-order valence-corrected chi connectivity index (χ0v) is 14.1. The molecule has 1 amide bonds. The number of aryl methyl sites for hydroxylation is 2. The lowest BCUT2D eigenvalue weighted by molar-refractivity contribution is -0.133. The fourth-order valence-corrected chi connectivity index (χ4v) is 3.96. The largest absolute Gasteiger partial charge is 0.340 e. The number of likely N-dealkylation sites (tertiary alicyclic amines) is 1. The van der Waals surface area contributed by atoms with Gasteiger partial charge in [-0.2, -0.15) is 5.10 Å². The molecule has 4 rings (SSSR count).